The van der Waals surface area contributed by atoms with E-state index in [4.69, 9.17) is 9.84 Å². The van der Waals surface area contributed by atoms with E-state index in [1.807, 2.05) is 0 Å². The van der Waals surface area contributed by atoms with Gasteiger partial charge in [-0.1, -0.05) is 18.2 Å². The van der Waals surface area contributed by atoms with E-state index < -0.39 is 17.6 Å². The molecule has 0 aliphatic rings. The highest BCUT2D eigenvalue weighted by atomic mass is 79.9. The molecule has 0 aromatic heterocycles. The molecule has 2 aromatic carbocycles. The normalized spacial score (nSPS) is 10.3. The number of benzene rings is 2. The molecular weight excluding hydrogens is 334 g/mol. The first-order valence-corrected chi connectivity index (χ1v) is 6.37. The highest BCUT2D eigenvalue weighted by Crippen LogP contribution is 2.26. The molecule has 2 rings (SSSR count). The van der Waals surface area contributed by atoms with Gasteiger partial charge in [-0.15, -0.1) is 0 Å². The van der Waals surface area contributed by atoms with Gasteiger partial charge in [0.05, 0.1) is 4.47 Å². The van der Waals surface area contributed by atoms with Crippen LogP contribution in [-0.4, -0.2) is 11.1 Å². The van der Waals surface area contributed by atoms with Crippen LogP contribution in [0.4, 0.5) is 8.78 Å². The van der Waals surface area contributed by atoms with Crippen molar-refractivity contribution < 1.29 is 23.4 Å². The molecule has 0 spiro atoms. The zero-order chi connectivity index (χ0) is 14.7. The van der Waals surface area contributed by atoms with Crippen molar-refractivity contribution in [3.63, 3.8) is 0 Å². The van der Waals surface area contributed by atoms with Crippen LogP contribution in [0, 0.1) is 11.6 Å². The van der Waals surface area contributed by atoms with Gasteiger partial charge in [0.2, 0.25) is 0 Å². The standard InChI is InChI=1S/C14H9BrF2O3/c15-12-8(3-1-5-10(12)16)7-20-13-9(14(18)19)4-2-6-11(13)17/h1-6H,7H2,(H,18,19). The number of hydrogen-bond donors (Lipinski definition) is 1. The second kappa shape index (κ2) is 6.00. The first-order valence-electron chi connectivity index (χ1n) is 5.58. The van der Waals surface area contributed by atoms with E-state index in [-0.39, 0.29) is 22.4 Å². The van der Waals surface area contributed by atoms with Crippen LogP contribution in [0.1, 0.15) is 15.9 Å². The van der Waals surface area contributed by atoms with Crippen LogP contribution in [0.5, 0.6) is 5.75 Å². The average Bonchev–Trinajstić information content (AvgIpc) is 2.41. The molecule has 2 aromatic rings. The van der Waals surface area contributed by atoms with Gasteiger partial charge >= 0.3 is 5.97 Å². The minimum absolute atomic E-state index is 0.153. The largest absolute Gasteiger partial charge is 0.485 e. The number of carboxylic acids is 1. The van der Waals surface area contributed by atoms with Gasteiger partial charge in [0.1, 0.15) is 18.0 Å². The highest BCUT2D eigenvalue weighted by molar-refractivity contribution is 9.10. The van der Waals surface area contributed by atoms with E-state index in [9.17, 15) is 13.6 Å². The van der Waals surface area contributed by atoms with Crippen molar-refractivity contribution in [1.29, 1.82) is 0 Å². The van der Waals surface area contributed by atoms with Crippen molar-refractivity contribution in [1.82, 2.24) is 0 Å². The molecule has 1 N–H and O–H groups in total. The van der Waals surface area contributed by atoms with Crippen molar-refractivity contribution in [2.45, 2.75) is 6.61 Å². The van der Waals surface area contributed by atoms with E-state index in [2.05, 4.69) is 15.9 Å². The Labute approximate surface area is 121 Å². The van der Waals surface area contributed by atoms with E-state index in [0.717, 1.165) is 6.07 Å². The predicted molar refractivity (Wildman–Crippen MR) is 71.8 cm³/mol. The van der Waals surface area contributed by atoms with Crippen LogP contribution in [0.3, 0.4) is 0 Å². The van der Waals surface area contributed by atoms with Crippen molar-refractivity contribution in [2.24, 2.45) is 0 Å². The Morgan fingerprint density at radius 2 is 1.80 bits per heavy atom. The average molecular weight is 343 g/mol. The van der Waals surface area contributed by atoms with Crippen LogP contribution < -0.4 is 4.74 Å². The molecule has 3 nitrogen and oxygen atoms in total. The molecule has 0 atom stereocenters. The van der Waals surface area contributed by atoms with Gasteiger partial charge in [0, 0.05) is 5.56 Å². The van der Waals surface area contributed by atoms with Gasteiger partial charge in [-0.3, -0.25) is 0 Å². The van der Waals surface area contributed by atoms with Crippen molar-refractivity contribution in [2.75, 3.05) is 0 Å². The molecule has 0 aliphatic heterocycles. The zero-order valence-electron chi connectivity index (χ0n) is 10.1. The summed E-state index contributed by atoms with van der Waals surface area (Å²) in [6.07, 6.45) is 0. The minimum Gasteiger partial charge on any atom is -0.485 e. The van der Waals surface area contributed by atoms with Crippen LogP contribution in [-0.2, 0) is 6.61 Å². The quantitative estimate of drug-likeness (QED) is 0.913. The third kappa shape index (κ3) is 2.96. The van der Waals surface area contributed by atoms with E-state index >= 15 is 0 Å². The predicted octanol–water partition coefficient (Wildman–Crippen LogP) is 4.00. The Kier molecular flexibility index (Phi) is 4.34. The lowest BCUT2D eigenvalue weighted by molar-refractivity contribution is 0.0690. The fraction of sp³-hybridized carbons (Fsp3) is 0.0714. The van der Waals surface area contributed by atoms with Crippen molar-refractivity contribution in [3.8, 4) is 5.75 Å². The summed E-state index contributed by atoms with van der Waals surface area (Å²) in [5.41, 5.74) is 0.169. The van der Waals surface area contributed by atoms with Crippen molar-refractivity contribution >= 4 is 21.9 Å². The monoisotopic (exact) mass is 342 g/mol. The molecule has 6 heteroatoms. The number of halogens is 3. The SMILES string of the molecule is O=C(O)c1cccc(F)c1OCc1cccc(F)c1Br. The molecule has 0 aliphatic carbocycles. The number of ether oxygens (including phenoxy) is 1. The van der Waals surface area contributed by atoms with E-state index in [0.29, 0.717) is 5.56 Å². The number of aromatic carboxylic acids is 1. The maximum absolute atomic E-state index is 13.6. The van der Waals surface area contributed by atoms with Crippen LogP contribution in [0.25, 0.3) is 0 Å². The molecule has 104 valence electrons. The lowest BCUT2D eigenvalue weighted by atomic mass is 10.2. The third-order valence-electron chi connectivity index (χ3n) is 2.60. The summed E-state index contributed by atoms with van der Waals surface area (Å²) in [6, 6.07) is 7.96. The molecule has 0 bridgehead atoms. The van der Waals surface area contributed by atoms with Crippen LogP contribution in [0.15, 0.2) is 40.9 Å². The fourth-order valence-corrected chi connectivity index (χ4v) is 2.01. The summed E-state index contributed by atoms with van der Waals surface area (Å²) < 4.78 is 32.3. The number of rotatable bonds is 4. The van der Waals surface area contributed by atoms with Crippen LogP contribution >= 0.6 is 15.9 Å². The summed E-state index contributed by atoms with van der Waals surface area (Å²) >= 11 is 3.05. The first kappa shape index (κ1) is 14.5. The number of carbonyl (C=O) groups is 1. The molecule has 0 saturated heterocycles. The van der Waals surface area contributed by atoms with E-state index in [1.165, 1.54) is 24.3 Å². The first-order chi connectivity index (χ1) is 9.50. The molecule has 0 saturated carbocycles. The molecule has 0 unspecified atom stereocenters. The Bertz CT molecular complexity index is 659. The van der Waals surface area contributed by atoms with Gasteiger partial charge in [0.25, 0.3) is 0 Å². The van der Waals surface area contributed by atoms with Gasteiger partial charge in [-0.05, 0) is 34.1 Å². The summed E-state index contributed by atoms with van der Waals surface area (Å²) in [4.78, 5) is 11.0. The summed E-state index contributed by atoms with van der Waals surface area (Å²) in [5.74, 6) is -2.91. The number of para-hydroxylation sites is 1. The molecule has 0 amide bonds. The number of carboxylic acid groups (broad SMARTS) is 1. The zero-order valence-corrected chi connectivity index (χ0v) is 11.7. The molecule has 0 heterocycles. The Balaban J connectivity index is 2.27. The van der Waals surface area contributed by atoms with Gasteiger partial charge in [0.15, 0.2) is 11.6 Å². The van der Waals surface area contributed by atoms with Gasteiger partial charge < -0.3 is 9.84 Å². The maximum atomic E-state index is 13.6. The Morgan fingerprint density at radius 1 is 1.15 bits per heavy atom. The topological polar surface area (TPSA) is 46.5 Å². The van der Waals surface area contributed by atoms with Crippen molar-refractivity contribution in [3.05, 3.63) is 63.6 Å². The van der Waals surface area contributed by atoms with Gasteiger partial charge in [-0.2, -0.15) is 0 Å². The maximum Gasteiger partial charge on any atom is 0.339 e. The third-order valence-corrected chi connectivity index (χ3v) is 3.49. The smallest absolute Gasteiger partial charge is 0.339 e. The molecular formula is C14H9BrF2O3. The Hall–Kier alpha value is -1.95. The molecule has 0 radical (unpaired) electrons. The van der Waals surface area contributed by atoms with Crippen LogP contribution in [0.2, 0.25) is 0 Å². The molecule has 0 fully saturated rings. The summed E-state index contributed by atoms with van der Waals surface area (Å²) in [6.45, 7) is -0.153. The number of hydrogen-bond acceptors (Lipinski definition) is 2. The van der Waals surface area contributed by atoms with Gasteiger partial charge in [-0.25, -0.2) is 13.6 Å². The summed E-state index contributed by atoms with van der Waals surface area (Å²) in [5, 5.41) is 8.97. The van der Waals surface area contributed by atoms with E-state index in [1.54, 1.807) is 6.07 Å². The molecule has 20 heavy (non-hydrogen) atoms. The lowest BCUT2D eigenvalue weighted by Crippen LogP contribution is -2.06. The Morgan fingerprint density at radius 3 is 2.50 bits per heavy atom. The fourth-order valence-electron chi connectivity index (χ4n) is 1.63. The minimum atomic E-state index is -1.29. The summed E-state index contributed by atoms with van der Waals surface area (Å²) in [7, 11) is 0. The lowest BCUT2D eigenvalue weighted by Gasteiger charge is -2.11. The second-order valence-corrected chi connectivity index (χ2v) is 4.72. The highest BCUT2D eigenvalue weighted by Gasteiger charge is 2.16. The second-order valence-electron chi connectivity index (χ2n) is 3.92.